The van der Waals surface area contributed by atoms with Gasteiger partial charge in [-0.1, -0.05) is 23.8 Å². The van der Waals surface area contributed by atoms with Crippen molar-refractivity contribution >= 4 is 17.7 Å². The third-order valence-corrected chi connectivity index (χ3v) is 2.15. The summed E-state index contributed by atoms with van der Waals surface area (Å²) in [6.45, 7) is -0.00797. The highest BCUT2D eigenvalue weighted by atomic mass is 35.5. The Morgan fingerprint density at radius 3 is 2.60 bits per heavy atom. The molecular weight excluding hydrogens is 216 g/mol. The van der Waals surface area contributed by atoms with E-state index in [1.807, 2.05) is 0 Å². The van der Waals surface area contributed by atoms with E-state index in [4.69, 9.17) is 26.2 Å². The van der Waals surface area contributed by atoms with Crippen LogP contribution in [0.25, 0.3) is 6.08 Å². The maximum absolute atomic E-state index is 8.65. The van der Waals surface area contributed by atoms with Gasteiger partial charge in [-0.05, 0) is 17.7 Å². The minimum Gasteiger partial charge on any atom is -0.493 e. The van der Waals surface area contributed by atoms with Crippen LogP contribution in [-0.4, -0.2) is 25.9 Å². The second-order valence-corrected chi connectivity index (χ2v) is 3.23. The lowest BCUT2D eigenvalue weighted by Crippen LogP contribution is -1.92. The first-order chi connectivity index (χ1) is 7.22. The third-order valence-electron chi connectivity index (χ3n) is 1.87. The summed E-state index contributed by atoms with van der Waals surface area (Å²) in [5.41, 5.74) is 0.853. The maximum atomic E-state index is 8.65. The number of ether oxygens (including phenoxy) is 2. The van der Waals surface area contributed by atoms with E-state index in [1.54, 1.807) is 31.4 Å². The lowest BCUT2D eigenvalue weighted by molar-refractivity contribution is 0.343. The van der Waals surface area contributed by atoms with Gasteiger partial charge < -0.3 is 14.6 Å². The lowest BCUT2D eigenvalue weighted by Gasteiger charge is -2.10. The van der Waals surface area contributed by atoms with Crippen molar-refractivity contribution in [3.05, 3.63) is 28.8 Å². The molecule has 1 N–H and O–H groups in total. The van der Waals surface area contributed by atoms with Crippen LogP contribution in [0.5, 0.6) is 11.5 Å². The molecule has 82 valence electrons. The van der Waals surface area contributed by atoms with Gasteiger partial charge in [-0.3, -0.25) is 0 Å². The number of halogens is 1. The first kappa shape index (κ1) is 11.9. The molecule has 15 heavy (non-hydrogen) atoms. The molecule has 0 saturated heterocycles. The molecule has 0 aliphatic rings. The van der Waals surface area contributed by atoms with Gasteiger partial charge in [0.15, 0.2) is 11.5 Å². The number of rotatable bonds is 4. The highest BCUT2D eigenvalue weighted by molar-refractivity contribution is 6.32. The molecule has 1 rings (SSSR count). The summed E-state index contributed by atoms with van der Waals surface area (Å²) in [6, 6.07) is 3.53. The van der Waals surface area contributed by atoms with Crippen LogP contribution in [0.3, 0.4) is 0 Å². The lowest BCUT2D eigenvalue weighted by atomic mass is 10.2. The molecular formula is C11H13ClO3. The van der Waals surface area contributed by atoms with Crippen molar-refractivity contribution in [3.63, 3.8) is 0 Å². The summed E-state index contributed by atoms with van der Waals surface area (Å²) in [7, 11) is 3.08. The fourth-order valence-electron chi connectivity index (χ4n) is 1.22. The largest absolute Gasteiger partial charge is 0.493 e. The zero-order valence-corrected chi connectivity index (χ0v) is 9.41. The summed E-state index contributed by atoms with van der Waals surface area (Å²) in [6.07, 6.45) is 3.38. The zero-order chi connectivity index (χ0) is 11.3. The van der Waals surface area contributed by atoms with Gasteiger partial charge in [0, 0.05) is 0 Å². The third kappa shape index (κ3) is 2.88. The number of methoxy groups -OCH3 is 2. The predicted octanol–water partition coefficient (Wildman–Crippen LogP) is 2.36. The Balaban J connectivity index is 3.13. The summed E-state index contributed by atoms with van der Waals surface area (Å²) >= 11 is 5.99. The molecule has 0 saturated carbocycles. The Morgan fingerprint density at radius 1 is 1.33 bits per heavy atom. The minimum atomic E-state index is -0.00797. The number of hydrogen-bond acceptors (Lipinski definition) is 3. The molecule has 0 spiro atoms. The van der Waals surface area contributed by atoms with E-state index in [1.165, 1.54) is 7.11 Å². The zero-order valence-electron chi connectivity index (χ0n) is 8.66. The van der Waals surface area contributed by atoms with Crippen molar-refractivity contribution in [2.24, 2.45) is 0 Å². The van der Waals surface area contributed by atoms with Crippen LogP contribution in [0, 0.1) is 0 Å². The van der Waals surface area contributed by atoms with Crippen molar-refractivity contribution in [1.82, 2.24) is 0 Å². The molecule has 0 amide bonds. The Kier molecular flexibility index (Phi) is 4.46. The quantitative estimate of drug-likeness (QED) is 0.860. The molecule has 1 aromatic carbocycles. The van der Waals surface area contributed by atoms with Gasteiger partial charge in [-0.2, -0.15) is 0 Å². The van der Waals surface area contributed by atoms with E-state index in [-0.39, 0.29) is 6.61 Å². The first-order valence-corrected chi connectivity index (χ1v) is 4.79. The molecule has 0 aromatic heterocycles. The van der Waals surface area contributed by atoms with E-state index in [9.17, 15) is 0 Å². The van der Waals surface area contributed by atoms with Gasteiger partial charge in [-0.25, -0.2) is 0 Å². The van der Waals surface area contributed by atoms with E-state index in [0.717, 1.165) is 5.56 Å². The van der Waals surface area contributed by atoms with Gasteiger partial charge in [0.05, 0.1) is 25.8 Å². The monoisotopic (exact) mass is 228 g/mol. The number of aliphatic hydroxyl groups is 1. The van der Waals surface area contributed by atoms with Crippen LogP contribution in [0.1, 0.15) is 5.56 Å². The fourth-order valence-corrected chi connectivity index (χ4v) is 1.52. The second kappa shape index (κ2) is 5.63. The molecule has 4 heteroatoms. The van der Waals surface area contributed by atoms with Crippen molar-refractivity contribution in [1.29, 1.82) is 0 Å². The van der Waals surface area contributed by atoms with Crippen molar-refractivity contribution in [2.75, 3.05) is 20.8 Å². The van der Waals surface area contributed by atoms with Gasteiger partial charge in [0.1, 0.15) is 0 Å². The molecule has 0 unspecified atom stereocenters. The van der Waals surface area contributed by atoms with E-state index in [0.29, 0.717) is 16.5 Å². The van der Waals surface area contributed by atoms with Gasteiger partial charge >= 0.3 is 0 Å². The number of benzene rings is 1. The molecule has 0 bridgehead atoms. The van der Waals surface area contributed by atoms with Gasteiger partial charge in [-0.15, -0.1) is 0 Å². The van der Waals surface area contributed by atoms with Crippen molar-refractivity contribution in [3.8, 4) is 11.5 Å². The SMILES string of the molecule is COc1cc(C=CCO)cc(Cl)c1OC. The molecule has 0 aliphatic heterocycles. The van der Waals surface area contributed by atoms with E-state index < -0.39 is 0 Å². The first-order valence-electron chi connectivity index (χ1n) is 4.41. The van der Waals surface area contributed by atoms with Crippen molar-refractivity contribution in [2.45, 2.75) is 0 Å². The molecule has 3 nitrogen and oxygen atoms in total. The predicted molar refractivity (Wildman–Crippen MR) is 60.7 cm³/mol. The molecule has 1 aromatic rings. The Hall–Kier alpha value is -1.19. The Morgan fingerprint density at radius 2 is 2.07 bits per heavy atom. The standard InChI is InChI=1S/C11H13ClO3/c1-14-10-7-8(4-3-5-13)6-9(12)11(10)15-2/h3-4,6-7,13H,5H2,1-2H3. The topological polar surface area (TPSA) is 38.7 Å². The van der Waals surface area contributed by atoms with Gasteiger partial charge in [0.2, 0.25) is 0 Å². The van der Waals surface area contributed by atoms with E-state index in [2.05, 4.69) is 0 Å². The second-order valence-electron chi connectivity index (χ2n) is 2.82. The number of aliphatic hydroxyl groups excluding tert-OH is 1. The number of hydrogen-bond donors (Lipinski definition) is 1. The van der Waals surface area contributed by atoms with E-state index >= 15 is 0 Å². The summed E-state index contributed by atoms with van der Waals surface area (Å²) in [4.78, 5) is 0. The smallest absolute Gasteiger partial charge is 0.179 e. The minimum absolute atomic E-state index is 0.00797. The molecule has 0 aliphatic carbocycles. The van der Waals surface area contributed by atoms with Crippen LogP contribution in [-0.2, 0) is 0 Å². The van der Waals surface area contributed by atoms with Gasteiger partial charge in [0.25, 0.3) is 0 Å². The average molecular weight is 229 g/mol. The molecule has 0 atom stereocenters. The summed E-state index contributed by atoms with van der Waals surface area (Å²) in [5, 5.41) is 9.13. The average Bonchev–Trinajstić information content (AvgIpc) is 2.25. The normalized spacial score (nSPS) is 10.7. The van der Waals surface area contributed by atoms with Crippen LogP contribution in [0.15, 0.2) is 18.2 Å². The van der Waals surface area contributed by atoms with Crippen LogP contribution < -0.4 is 9.47 Å². The molecule has 0 heterocycles. The summed E-state index contributed by atoms with van der Waals surface area (Å²) in [5.74, 6) is 1.09. The highest BCUT2D eigenvalue weighted by Crippen LogP contribution is 2.36. The van der Waals surface area contributed by atoms with Crippen LogP contribution >= 0.6 is 11.6 Å². The van der Waals surface area contributed by atoms with Crippen molar-refractivity contribution < 1.29 is 14.6 Å². The fraction of sp³-hybridized carbons (Fsp3) is 0.273. The van der Waals surface area contributed by atoms with Crippen LogP contribution in [0.4, 0.5) is 0 Å². The highest BCUT2D eigenvalue weighted by Gasteiger charge is 2.09. The Bertz CT molecular complexity index is 361. The maximum Gasteiger partial charge on any atom is 0.179 e. The molecule has 0 fully saturated rings. The van der Waals surface area contributed by atoms with Crippen LogP contribution in [0.2, 0.25) is 5.02 Å². The summed E-state index contributed by atoms with van der Waals surface area (Å²) < 4.78 is 10.2. The Labute approximate surface area is 93.9 Å². The molecule has 0 radical (unpaired) electrons.